The van der Waals surface area contributed by atoms with Gasteiger partial charge in [0, 0.05) is 30.3 Å². The second kappa shape index (κ2) is 7.94. The van der Waals surface area contributed by atoms with E-state index in [0.717, 1.165) is 17.1 Å². The molecule has 0 aliphatic carbocycles. The van der Waals surface area contributed by atoms with Crippen molar-refractivity contribution >= 4 is 11.8 Å². The van der Waals surface area contributed by atoms with E-state index < -0.39 is 5.97 Å². The summed E-state index contributed by atoms with van der Waals surface area (Å²) in [6.07, 6.45) is 2.13. The Hall–Kier alpha value is -1.88. The van der Waals surface area contributed by atoms with Crippen molar-refractivity contribution in [1.82, 2.24) is 0 Å². The number of carbonyl (C=O) groups is 2. The average molecular weight is 305 g/mol. The SMILES string of the molecule is CCCOc1ccc(C(=O)C[NH+]2CCC(C(=O)[O-])CC2)cc1. The third-order valence-corrected chi connectivity index (χ3v) is 4.09. The molecular formula is C17H23NO4. The van der Waals surface area contributed by atoms with E-state index in [1.165, 1.54) is 0 Å². The van der Waals surface area contributed by atoms with Crippen LogP contribution in [0.15, 0.2) is 24.3 Å². The fraction of sp³-hybridized carbons (Fsp3) is 0.529. The normalized spacial score (nSPS) is 21.3. The molecule has 5 heteroatoms. The number of Topliss-reactive ketones (excluding diaryl/α,β-unsaturated/α-hetero) is 1. The fourth-order valence-corrected chi connectivity index (χ4v) is 2.72. The molecule has 2 rings (SSSR count). The molecule has 1 aliphatic rings. The van der Waals surface area contributed by atoms with E-state index in [1.54, 1.807) is 12.1 Å². The van der Waals surface area contributed by atoms with Crippen LogP contribution in [0.4, 0.5) is 0 Å². The predicted octanol–water partition coefficient (Wildman–Crippen LogP) is -0.297. The molecule has 1 heterocycles. The van der Waals surface area contributed by atoms with E-state index in [0.29, 0.717) is 44.6 Å². The Morgan fingerprint density at radius 3 is 2.41 bits per heavy atom. The van der Waals surface area contributed by atoms with Gasteiger partial charge in [0.05, 0.1) is 19.7 Å². The molecule has 5 nitrogen and oxygen atoms in total. The Morgan fingerprint density at radius 1 is 1.23 bits per heavy atom. The van der Waals surface area contributed by atoms with E-state index in [-0.39, 0.29) is 11.7 Å². The fourth-order valence-electron chi connectivity index (χ4n) is 2.72. The number of carboxylic acids is 1. The lowest BCUT2D eigenvalue weighted by Crippen LogP contribution is -3.14. The lowest BCUT2D eigenvalue weighted by atomic mass is 9.97. The van der Waals surface area contributed by atoms with E-state index in [2.05, 4.69) is 0 Å². The molecule has 1 aromatic rings. The smallest absolute Gasteiger partial charge is 0.216 e. The lowest BCUT2D eigenvalue weighted by Gasteiger charge is -2.29. The molecule has 1 aliphatic heterocycles. The van der Waals surface area contributed by atoms with Crippen LogP contribution in [-0.4, -0.2) is 38.0 Å². The number of hydrogen-bond donors (Lipinski definition) is 1. The van der Waals surface area contributed by atoms with Gasteiger partial charge in [0.15, 0.2) is 0 Å². The van der Waals surface area contributed by atoms with Gasteiger partial charge < -0.3 is 19.5 Å². The summed E-state index contributed by atoms with van der Waals surface area (Å²) in [7, 11) is 0. The van der Waals surface area contributed by atoms with Crippen molar-refractivity contribution in [1.29, 1.82) is 0 Å². The molecule has 0 radical (unpaired) electrons. The van der Waals surface area contributed by atoms with Gasteiger partial charge >= 0.3 is 0 Å². The minimum absolute atomic E-state index is 0.0870. The van der Waals surface area contributed by atoms with E-state index in [4.69, 9.17) is 4.74 Å². The maximum Gasteiger partial charge on any atom is 0.216 e. The monoisotopic (exact) mass is 305 g/mol. The zero-order valence-corrected chi connectivity index (χ0v) is 13.0. The van der Waals surface area contributed by atoms with Gasteiger partial charge in [0.2, 0.25) is 5.78 Å². The van der Waals surface area contributed by atoms with E-state index in [1.807, 2.05) is 19.1 Å². The standard InChI is InChI=1S/C17H23NO4/c1-2-11-22-15-5-3-13(4-6-15)16(19)12-18-9-7-14(8-10-18)17(20)21/h3-6,14H,2,7-12H2,1H3,(H,20,21). The topological polar surface area (TPSA) is 70.9 Å². The number of ether oxygens (including phenoxy) is 1. The molecule has 0 bridgehead atoms. The van der Waals surface area contributed by atoms with Gasteiger partial charge in [-0.15, -0.1) is 0 Å². The van der Waals surface area contributed by atoms with Gasteiger partial charge in [0.25, 0.3) is 0 Å². The Morgan fingerprint density at radius 2 is 1.86 bits per heavy atom. The molecule has 22 heavy (non-hydrogen) atoms. The summed E-state index contributed by atoms with van der Waals surface area (Å²) < 4.78 is 5.50. The van der Waals surface area contributed by atoms with Crippen LogP contribution in [0.25, 0.3) is 0 Å². The second-order valence-electron chi connectivity index (χ2n) is 5.82. The molecular weight excluding hydrogens is 282 g/mol. The highest BCUT2D eigenvalue weighted by atomic mass is 16.5. The summed E-state index contributed by atoms with van der Waals surface area (Å²) in [6, 6.07) is 7.22. The van der Waals surface area contributed by atoms with Crippen molar-refractivity contribution in [3.8, 4) is 5.75 Å². The van der Waals surface area contributed by atoms with Gasteiger partial charge in [-0.2, -0.15) is 0 Å². The maximum atomic E-state index is 12.3. The summed E-state index contributed by atoms with van der Waals surface area (Å²) >= 11 is 0. The molecule has 1 N–H and O–H groups in total. The van der Waals surface area contributed by atoms with Crippen LogP contribution in [0.5, 0.6) is 5.75 Å². The number of rotatable bonds is 7. The first kappa shape index (κ1) is 16.5. The van der Waals surface area contributed by atoms with Crippen LogP contribution in [-0.2, 0) is 4.79 Å². The third kappa shape index (κ3) is 4.56. The Labute approximate surface area is 130 Å². The number of ketones is 1. The van der Waals surface area contributed by atoms with Crippen LogP contribution in [0.3, 0.4) is 0 Å². The number of carboxylic acid groups (broad SMARTS) is 1. The van der Waals surface area contributed by atoms with Crippen LogP contribution >= 0.6 is 0 Å². The first-order valence-corrected chi connectivity index (χ1v) is 7.90. The number of benzene rings is 1. The molecule has 0 saturated carbocycles. The number of likely N-dealkylation sites (tertiary alicyclic amines) is 1. The van der Waals surface area contributed by atoms with E-state index in [9.17, 15) is 14.7 Å². The minimum Gasteiger partial charge on any atom is -0.550 e. The zero-order valence-electron chi connectivity index (χ0n) is 13.0. The highest BCUT2D eigenvalue weighted by molar-refractivity contribution is 5.96. The van der Waals surface area contributed by atoms with Crippen molar-refractivity contribution < 1.29 is 24.3 Å². The summed E-state index contributed by atoms with van der Waals surface area (Å²) in [5.74, 6) is -0.452. The molecule has 1 fully saturated rings. The summed E-state index contributed by atoms with van der Waals surface area (Å²) in [5, 5.41) is 10.8. The van der Waals surface area contributed by atoms with E-state index >= 15 is 0 Å². The van der Waals surface area contributed by atoms with Crippen molar-refractivity contribution in [3.63, 3.8) is 0 Å². The van der Waals surface area contributed by atoms with Crippen molar-refractivity contribution in [2.75, 3.05) is 26.2 Å². The van der Waals surface area contributed by atoms with Gasteiger partial charge in [-0.05, 0) is 30.7 Å². The quantitative estimate of drug-likeness (QED) is 0.702. The molecule has 0 unspecified atom stereocenters. The zero-order chi connectivity index (χ0) is 15.9. The molecule has 0 aromatic heterocycles. The number of aliphatic carboxylic acids is 1. The van der Waals surface area contributed by atoms with Crippen LogP contribution in [0, 0.1) is 5.92 Å². The number of piperidine rings is 1. The van der Waals surface area contributed by atoms with Crippen molar-refractivity contribution in [2.45, 2.75) is 26.2 Å². The minimum atomic E-state index is -0.965. The summed E-state index contributed by atoms with van der Waals surface area (Å²) in [4.78, 5) is 24.2. The van der Waals surface area contributed by atoms with Gasteiger partial charge in [-0.1, -0.05) is 6.92 Å². The molecule has 0 atom stereocenters. The van der Waals surface area contributed by atoms with Gasteiger partial charge in [-0.25, -0.2) is 0 Å². The maximum absolute atomic E-state index is 12.3. The van der Waals surface area contributed by atoms with Gasteiger partial charge in [0.1, 0.15) is 12.3 Å². The molecule has 1 saturated heterocycles. The van der Waals surface area contributed by atoms with Gasteiger partial charge in [-0.3, -0.25) is 4.79 Å². The predicted molar refractivity (Wildman–Crippen MR) is 79.9 cm³/mol. The first-order valence-electron chi connectivity index (χ1n) is 7.90. The highest BCUT2D eigenvalue weighted by Crippen LogP contribution is 2.13. The van der Waals surface area contributed by atoms with Crippen LogP contribution < -0.4 is 14.7 Å². The number of quaternary nitrogens is 1. The number of hydrogen-bond acceptors (Lipinski definition) is 4. The van der Waals surface area contributed by atoms with Crippen molar-refractivity contribution in [3.05, 3.63) is 29.8 Å². The first-order chi connectivity index (χ1) is 10.6. The Kier molecular flexibility index (Phi) is 5.95. The Bertz CT molecular complexity index is 504. The molecule has 120 valence electrons. The molecule has 1 aromatic carbocycles. The average Bonchev–Trinajstić information content (AvgIpc) is 2.54. The Balaban J connectivity index is 1.83. The summed E-state index contributed by atoms with van der Waals surface area (Å²) in [6.45, 7) is 4.55. The van der Waals surface area contributed by atoms with Crippen LogP contribution in [0.2, 0.25) is 0 Å². The third-order valence-electron chi connectivity index (χ3n) is 4.09. The molecule has 0 amide bonds. The highest BCUT2D eigenvalue weighted by Gasteiger charge is 2.24. The molecule has 0 spiro atoms. The largest absolute Gasteiger partial charge is 0.550 e. The van der Waals surface area contributed by atoms with Crippen molar-refractivity contribution in [2.24, 2.45) is 5.92 Å². The van der Waals surface area contributed by atoms with Crippen LogP contribution in [0.1, 0.15) is 36.5 Å². The lowest BCUT2D eigenvalue weighted by molar-refractivity contribution is -0.897. The summed E-state index contributed by atoms with van der Waals surface area (Å²) in [5.41, 5.74) is 0.679. The number of carbonyl (C=O) groups excluding carboxylic acids is 2. The number of nitrogens with one attached hydrogen (secondary N) is 1. The second-order valence-corrected chi connectivity index (χ2v) is 5.82.